The van der Waals surface area contributed by atoms with E-state index < -0.39 is 23.7 Å². The van der Waals surface area contributed by atoms with E-state index in [1.807, 2.05) is 0 Å². The molecule has 1 aliphatic heterocycles. The summed E-state index contributed by atoms with van der Waals surface area (Å²) < 4.78 is 0. The predicted molar refractivity (Wildman–Crippen MR) is 56.0 cm³/mol. The van der Waals surface area contributed by atoms with Crippen molar-refractivity contribution in [2.75, 3.05) is 19.7 Å². The Morgan fingerprint density at radius 1 is 1.38 bits per heavy atom. The number of carbonyl (C=O) groups is 1. The van der Waals surface area contributed by atoms with Crippen molar-refractivity contribution in [3.8, 4) is 0 Å². The maximum absolute atomic E-state index is 10.7. The molecule has 0 aromatic rings. The van der Waals surface area contributed by atoms with Crippen LogP contribution < -0.4 is 0 Å². The summed E-state index contributed by atoms with van der Waals surface area (Å²) in [4.78, 5) is 12.0. The van der Waals surface area contributed by atoms with Crippen LogP contribution in [0.5, 0.6) is 0 Å². The van der Waals surface area contributed by atoms with E-state index in [4.69, 9.17) is 5.11 Å². The minimum Gasteiger partial charge on any atom is -0.465 e. The van der Waals surface area contributed by atoms with Crippen LogP contribution >= 0.6 is 0 Å². The number of aliphatic hydroxyl groups is 3. The molecule has 2 atom stereocenters. The van der Waals surface area contributed by atoms with Gasteiger partial charge in [-0.15, -0.1) is 0 Å². The third kappa shape index (κ3) is 2.45. The first kappa shape index (κ1) is 13.2. The largest absolute Gasteiger partial charge is 0.465 e. The van der Waals surface area contributed by atoms with Gasteiger partial charge in [-0.25, -0.2) is 4.79 Å². The monoisotopic (exact) mass is 233 g/mol. The maximum Gasteiger partial charge on any atom is 0.407 e. The van der Waals surface area contributed by atoms with Crippen LogP contribution in [0.2, 0.25) is 0 Å². The number of hydrogen-bond donors (Lipinski definition) is 4. The molecular formula is C10H19NO5. The van der Waals surface area contributed by atoms with Crippen LogP contribution in [0, 0.1) is 5.41 Å². The van der Waals surface area contributed by atoms with Crippen molar-refractivity contribution in [2.45, 2.75) is 32.0 Å². The highest BCUT2D eigenvalue weighted by Gasteiger charge is 2.43. The second kappa shape index (κ2) is 4.99. The van der Waals surface area contributed by atoms with Gasteiger partial charge in [-0.3, -0.25) is 0 Å². The number of likely N-dealkylation sites (tertiary alicyclic amines) is 1. The highest BCUT2D eigenvalue weighted by molar-refractivity contribution is 5.65. The fourth-order valence-electron chi connectivity index (χ4n) is 2.20. The van der Waals surface area contributed by atoms with Crippen LogP contribution in [0.3, 0.4) is 0 Å². The van der Waals surface area contributed by atoms with Gasteiger partial charge in [0.1, 0.15) is 0 Å². The first-order chi connectivity index (χ1) is 7.43. The van der Waals surface area contributed by atoms with Gasteiger partial charge in [0, 0.05) is 18.5 Å². The quantitative estimate of drug-likeness (QED) is 0.525. The highest BCUT2D eigenvalue weighted by Crippen LogP contribution is 2.36. The van der Waals surface area contributed by atoms with Gasteiger partial charge in [0.2, 0.25) is 0 Å². The molecule has 1 saturated heterocycles. The molecule has 1 amide bonds. The van der Waals surface area contributed by atoms with Gasteiger partial charge in [0.25, 0.3) is 0 Å². The van der Waals surface area contributed by atoms with E-state index in [9.17, 15) is 20.1 Å². The van der Waals surface area contributed by atoms with Crippen LogP contribution in [0.1, 0.15) is 19.8 Å². The van der Waals surface area contributed by atoms with Crippen LogP contribution in [0.25, 0.3) is 0 Å². The predicted octanol–water partition coefficient (Wildman–Crippen LogP) is -0.519. The molecule has 6 heteroatoms. The van der Waals surface area contributed by atoms with E-state index in [1.54, 1.807) is 0 Å². The standard InChI is InChI=1S/C10H19NO5/c1-7(13)8(14)10(6-12)2-4-11(5-3-10)9(15)16/h7-8,12-14H,2-6H2,1H3,(H,15,16). The number of nitrogens with zero attached hydrogens (tertiary/aromatic N) is 1. The summed E-state index contributed by atoms with van der Waals surface area (Å²) in [6.45, 7) is 1.78. The van der Waals surface area contributed by atoms with E-state index in [2.05, 4.69) is 0 Å². The molecule has 0 saturated carbocycles. The highest BCUT2D eigenvalue weighted by atomic mass is 16.4. The first-order valence-electron chi connectivity index (χ1n) is 5.38. The fraction of sp³-hybridized carbons (Fsp3) is 0.900. The average molecular weight is 233 g/mol. The summed E-state index contributed by atoms with van der Waals surface area (Å²) in [5.41, 5.74) is -0.778. The molecule has 0 spiro atoms. The SMILES string of the molecule is CC(O)C(O)C1(CO)CCN(C(=O)O)CC1. The summed E-state index contributed by atoms with van der Waals surface area (Å²) >= 11 is 0. The Kier molecular flexibility index (Phi) is 4.12. The lowest BCUT2D eigenvalue weighted by Gasteiger charge is -2.43. The molecule has 1 rings (SSSR count). The number of rotatable bonds is 3. The van der Waals surface area contributed by atoms with Crippen molar-refractivity contribution < 1.29 is 25.2 Å². The summed E-state index contributed by atoms with van der Waals surface area (Å²) in [5, 5.41) is 37.3. The lowest BCUT2D eigenvalue weighted by atomic mass is 9.73. The van der Waals surface area contributed by atoms with Crippen LogP contribution in [0.15, 0.2) is 0 Å². The zero-order valence-electron chi connectivity index (χ0n) is 9.33. The second-order valence-corrected chi connectivity index (χ2v) is 4.48. The molecule has 1 heterocycles. The topological polar surface area (TPSA) is 101 Å². The molecule has 1 aliphatic rings. The maximum atomic E-state index is 10.7. The van der Waals surface area contributed by atoms with Crippen molar-refractivity contribution in [3.63, 3.8) is 0 Å². The van der Waals surface area contributed by atoms with Crippen molar-refractivity contribution >= 4 is 6.09 Å². The summed E-state index contributed by atoms with van der Waals surface area (Å²) in [6.07, 6.45) is -2.21. The Bertz CT molecular complexity index is 248. The van der Waals surface area contributed by atoms with E-state index in [-0.39, 0.29) is 19.7 Å². The van der Waals surface area contributed by atoms with Crippen molar-refractivity contribution in [1.29, 1.82) is 0 Å². The summed E-state index contributed by atoms with van der Waals surface area (Å²) in [7, 11) is 0. The van der Waals surface area contributed by atoms with Crippen LogP contribution in [0.4, 0.5) is 4.79 Å². The Morgan fingerprint density at radius 3 is 2.19 bits per heavy atom. The van der Waals surface area contributed by atoms with Gasteiger partial charge in [-0.05, 0) is 19.8 Å². The number of piperidine rings is 1. The minimum atomic E-state index is -1.02. The molecule has 2 unspecified atom stereocenters. The molecule has 0 aromatic carbocycles. The van der Waals surface area contributed by atoms with Crippen molar-refractivity contribution in [2.24, 2.45) is 5.41 Å². The van der Waals surface area contributed by atoms with Gasteiger partial charge >= 0.3 is 6.09 Å². The van der Waals surface area contributed by atoms with Crippen LogP contribution in [-0.2, 0) is 0 Å². The summed E-state index contributed by atoms with van der Waals surface area (Å²) in [5.74, 6) is 0. The molecule has 0 radical (unpaired) electrons. The van der Waals surface area contributed by atoms with E-state index in [0.29, 0.717) is 12.8 Å². The molecule has 0 bridgehead atoms. The van der Waals surface area contributed by atoms with E-state index >= 15 is 0 Å². The Hall–Kier alpha value is -0.850. The Morgan fingerprint density at radius 2 is 1.88 bits per heavy atom. The number of amides is 1. The van der Waals surface area contributed by atoms with Gasteiger partial charge in [-0.1, -0.05) is 0 Å². The van der Waals surface area contributed by atoms with Gasteiger partial charge < -0.3 is 25.3 Å². The average Bonchev–Trinajstić information content (AvgIpc) is 2.27. The van der Waals surface area contributed by atoms with Crippen molar-refractivity contribution in [1.82, 2.24) is 4.90 Å². The molecule has 0 aliphatic carbocycles. The third-order valence-electron chi connectivity index (χ3n) is 3.43. The lowest BCUT2D eigenvalue weighted by molar-refractivity contribution is -0.103. The molecule has 1 fully saturated rings. The number of hydrogen-bond acceptors (Lipinski definition) is 4. The normalized spacial score (nSPS) is 23.9. The van der Waals surface area contributed by atoms with Crippen molar-refractivity contribution in [3.05, 3.63) is 0 Å². The molecule has 0 aromatic heterocycles. The molecular weight excluding hydrogens is 214 g/mol. The lowest BCUT2D eigenvalue weighted by Crippen LogP contribution is -2.52. The van der Waals surface area contributed by atoms with Gasteiger partial charge in [-0.2, -0.15) is 0 Å². The Balaban J connectivity index is 2.68. The molecule has 94 valence electrons. The second-order valence-electron chi connectivity index (χ2n) is 4.48. The molecule has 6 nitrogen and oxygen atoms in total. The number of carboxylic acid groups (broad SMARTS) is 1. The number of aliphatic hydroxyl groups excluding tert-OH is 3. The molecule has 16 heavy (non-hydrogen) atoms. The van der Waals surface area contributed by atoms with E-state index in [0.717, 1.165) is 0 Å². The zero-order valence-corrected chi connectivity index (χ0v) is 9.33. The smallest absolute Gasteiger partial charge is 0.407 e. The van der Waals surface area contributed by atoms with Crippen LogP contribution in [-0.4, -0.2) is 63.3 Å². The molecule has 4 N–H and O–H groups in total. The summed E-state index contributed by atoms with van der Waals surface area (Å²) in [6, 6.07) is 0. The van der Waals surface area contributed by atoms with Gasteiger partial charge in [0.05, 0.1) is 18.8 Å². The van der Waals surface area contributed by atoms with E-state index in [1.165, 1.54) is 11.8 Å². The Labute approximate surface area is 94.1 Å². The van der Waals surface area contributed by atoms with Gasteiger partial charge in [0.15, 0.2) is 0 Å². The first-order valence-corrected chi connectivity index (χ1v) is 5.38. The minimum absolute atomic E-state index is 0.244. The fourth-order valence-corrected chi connectivity index (χ4v) is 2.20. The zero-order chi connectivity index (χ0) is 12.3. The third-order valence-corrected chi connectivity index (χ3v) is 3.43.